The van der Waals surface area contributed by atoms with Gasteiger partial charge >= 0.3 is 5.97 Å². The maximum absolute atomic E-state index is 11.9. The van der Waals surface area contributed by atoms with Crippen LogP contribution in [0.4, 0.5) is 0 Å². The van der Waals surface area contributed by atoms with Gasteiger partial charge in [0.05, 0.1) is 11.5 Å². The number of rotatable bonds is 8. The molecule has 6 heteroatoms. The number of hydrogen-bond donors (Lipinski definition) is 3. The molecule has 0 aliphatic heterocycles. The molecule has 4 N–H and O–H groups in total. The molecule has 0 spiro atoms. The smallest absolute Gasteiger partial charge is 0.311 e. The summed E-state index contributed by atoms with van der Waals surface area (Å²) in [6.45, 7) is 2.87. The molecule has 0 bridgehead atoms. The van der Waals surface area contributed by atoms with Gasteiger partial charge in [-0.05, 0) is 44.4 Å². The zero-order valence-electron chi connectivity index (χ0n) is 13.1. The maximum Gasteiger partial charge on any atom is 0.311 e. The third-order valence-electron chi connectivity index (χ3n) is 4.49. The second-order valence-corrected chi connectivity index (χ2v) is 6.23. The van der Waals surface area contributed by atoms with Crippen molar-refractivity contribution in [2.24, 2.45) is 17.1 Å². The summed E-state index contributed by atoms with van der Waals surface area (Å²) in [7, 11) is 1.60. The molecule has 6 nitrogen and oxygen atoms in total. The summed E-state index contributed by atoms with van der Waals surface area (Å²) in [5, 5.41) is 12.2. The van der Waals surface area contributed by atoms with Crippen LogP contribution in [0.2, 0.25) is 0 Å². The zero-order chi connectivity index (χ0) is 15.9. The largest absolute Gasteiger partial charge is 0.481 e. The Morgan fingerprint density at radius 1 is 1.43 bits per heavy atom. The maximum atomic E-state index is 11.9. The summed E-state index contributed by atoms with van der Waals surface area (Å²) >= 11 is 0. The van der Waals surface area contributed by atoms with Crippen LogP contribution in [0.5, 0.6) is 0 Å². The van der Waals surface area contributed by atoms with Gasteiger partial charge in [0.1, 0.15) is 0 Å². The highest BCUT2D eigenvalue weighted by molar-refractivity contribution is 5.82. The van der Waals surface area contributed by atoms with Crippen LogP contribution < -0.4 is 11.1 Å². The first-order valence-corrected chi connectivity index (χ1v) is 7.67. The van der Waals surface area contributed by atoms with Crippen molar-refractivity contribution in [3.63, 3.8) is 0 Å². The van der Waals surface area contributed by atoms with E-state index in [1.807, 2.05) is 0 Å². The van der Waals surface area contributed by atoms with E-state index >= 15 is 0 Å². The molecule has 1 unspecified atom stereocenters. The van der Waals surface area contributed by atoms with Crippen molar-refractivity contribution in [2.75, 3.05) is 20.3 Å². The van der Waals surface area contributed by atoms with E-state index in [4.69, 9.17) is 10.5 Å². The Kier molecular flexibility index (Phi) is 7.11. The number of carboxylic acids is 1. The molecule has 1 aliphatic rings. The average molecular weight is 300 g/mol. The van der Waals surface area contributed by atoms with Gasteiger partial charge in [-0.3, -0.25) is 9.59 Å². The molecular formula is C15H28N2O4. The number of ether oxygens (including phenoxy) is 1. The van der Waals surface area contributed by atoms with Crippen LogP contribution in [0, 0.1) is 11.3 Å². The normalized spacial score (nSPS) is 27.1. The molecule has 1 saturated carbocycles. The Labute approximate surface area is 126 Å². The first kappa shape index (κ1) is 17.9. The highest BCUT2D eigenvalue weighted by Crippen LogP contribution is 2.38. The van der Waals surface area contributed by atoms with Crippen molar-refractivity contribution < 1.29 is 19.4 Å². The summed E-state index contributed by atoms with van der Waals surface area (Å²) in [4.78, 5) is 23.5. The first-order chi connectivity index (χ1) is 9.91. The van der Waals surface area contributed by atoms with Crippen molar-refractivity contribution in [3.8, 4) is 0 Å². The van der Waals surface area contributed by atoms with Crippen LogP contribution in [-0.2, 0) is 14.3 Å². The Morgan fingerprint density at radius 2 is 2.05 bits per heavy atom. The minimum Gasteiger partial charge on any atom is -0.481 e. The van der Waals surface area contributed by atoms with Crippen LogP contribution in [-0.4, -0.2) is 43.3 Å². The fraction of sp³-hybridized carbons (Fsp3) is 0.867. The topological polar surface area (TPSA) is 102 Å². The highest BCUT2D eigenvalue weighted by Gasteiger charge is 2.41. The predicted octanol–water partition coefficient (Wildman–Crippen LogP) is 1.14. The molecule has 0 aromatic rings. The Morgan fingerprint density at radius 3 is 2.57 bits per heavy atom. The molecular weight excluding hydrogens is 272 g/mol. The van der Waals surface area contributed by atoms with Crippen LogP contribution >= 0.6 is 0 Å². The van der Waals surface area contributed by atoms with E-state index in [1.54, 1.807) is 7.11 Å². The number of carbonyl (C=O) groups is 2. The van der Waals surface area contributed by atoms with Gasteiger partial charge in [0.2, 0.25) is 5.91 Å². The van der Waals surface area contributed by atoms with Gasteiger partial charge in [-0.2, -0.15) is 0 Å². The summed E-state index contributed by atoms with van der Waals surface area (Å²) < 4.78 is 4.92. The summed E-state index contributed by atoms with van der Waals surface area (Å²) in [5.74, 6) is -0.530. The lowest BCUT2D eigenvalue weighted by molar-refractivity contribution is -0.151. The number of aliphatic carboxylic acids is 1. The number of amides is 1. The van der Waals surface area contributed by atoms with E-state index in [0.717, 1.165) is 12.8 Å². The van der Waals surface area contributed by atoms with Crippen LogP contribution in [0.15, 0.2) is 0 Å². The lowest BCUT2D eigenvalue weighted by atomic mass is 9.71. The number of carboxylic acid groups (broad SMARTS) is 1. The molecule has 1 rings (SSSR count). The third-order valence-corrected chi connectivity index (χ3v) is 4.49. The van der Waals surface area contributed by atoms with Crippen LogP contribution in [0.3, 0.4) is 0 Å². The van der Waals surface area contributed by atoms with E-state index in [-0.39, 0.29) is 12.5 Å². The van der Waals surface area contributed by atoms with Gasteiger partial charge in [0.15, 0.2) is 0 Å². The van der Waals surface area contributed by atoms with Crippen molar-refractivity contribution in [3.05, 3.63) is 0 Å². The third kappa shape index (κ3) is 5.28. The molecule has 1 atom stereocenters. The highest BCUT2D eigenvalue weighted by atomic mass is 16.5. The molecule has 0 aromatic heterocycles. The van der Waals surface area contributed by atoms with Gasteiger partial charge in [-0.1, -0.05) is 6.92 Å². The quantitative estimate of drug-likeness (QED) is 0.583. The summed E-state index contributed by atoms with van der Waals surface area (Å²) in [6.07, 6.45) is 4.26. The van der Waals surface area contributed by atoms with E-state index in [1.165, 1.54) is 0 Å². The van der Waals surface area contributed by atoms with Gasteiger partial charge in [0.25, 0.3) is 0 Å². The molecule has 1 amide bonds. The van der Waals surface area contributed by atoms with Crippen molar-refractivity contribution in [1.82, 2.24) is 5.32 Å². The lowest BCUT2D eigenvalue weighted by Gasteiger charge is -2.36. The predicted molar refractivity (Wildman–Crippen MR) is 79.8 cm³/mol. The molecule has 0 aromatic carbocycles. The van der Waals surface area contributed by atoms with E-state index in [0.29, 0.717) is 38.2 Å². The molecule has 0 heterocycles. The van der Waals surface area contributed by atoms with Crippen molar-refractivity contribution in [1.29, 1.82) is 0 Å². The average Bonchev–Trinajstić information content (AvgIpc) is 2.46. The zero-order valence-corrected chi connectivity index (χ0v) is 13.1. The van der Waals surface area contributed by atoms with Gasteiger partial charge < -0.3 is 20.9 Å². The Hall–Kier alpha value is -1.14. The standard InChI is InChI=1S/C15H28N2O4/c1-11-5-7-15(8-6-11,14(19)20)10-17-13(18)12(16)4-3-9-21-2/h11-12H,3-10,16H2,1-2H3,(H,17,18)(H,19,20). The van der Waals surface area contributed by atoms with Crippen LogP contribution in [0.25, 0.3) is 0 Å². The number of nitrogens with one attached hydrogen (secondary N) is 1. The van der Waals surface area contributed by atoms with Crippen LogP contribution in [0.1, 0.15) is 45.4 Å². The second-order valence-electron chi connectivity index (χ2n) is 6.23. The minimum atomic E-state index is -0.825. The van der Waals surface area contributed by atoms with E-state index in [9.17, 15) is 14.7 Å². The Bertz CT molecular complexity index is 352. The fourth-order valence-electron chi connectivity index (χ4n) is 2.75. The minimum absolute atomic E-state index is 0.172. The lowest BCUT2D eigenvalue weighted by Crippen LogP contribution is -2.49. The monoisotopic (exact) mass is 300 g/mol. The SMILES string of the molecule is COCCCC(N)C(=O)NCC1(C(=O)O)CCC(C)CC1. The van der Waals surface area contributed by atoms with Gasteiger partial charge in [0, 0.05) is 20.3 Å². The molecule has 0 radical (unpaired) electrons. The molecule has 1 aliphatic carbocycles. The number of methoxy groups -OCH3 is 1. The number of hydrogen-bond acceptors (Lipinski definition) is 4. The van der Waals surface area contributed by atoms with E-state index in [2.05, 4.69) is 12.2 Å². The molecule has 1 fully saturated rings. The number of nitrogens with two attached hydrogens (primary N) is 1. The number of carbonyl (C=O) groups excluding carboxylic acids is 1. The van der Waals surface area contributed by atoms with E-state index < -0.39 is 17.4 Å². The molecule has 21 heavy (non-hydrogen) atoms. The van der Waals surface area contributed by atoms with Crippen molar-refractivity contribution in [2.45, 2.75) is 51.5 Å². The van der Waals surface area contributed by atoms with Crippen molar-refractivity contribution >= 4 is 11.9 Å². The molecule has 0 saturated heterocycles. The second kappa shape index (κ2) is 8.34. The first-order valence-electron chi connectivity index (χ1n) is 7.67. The van der Waals surface area contributed by atoms with Gasteiger partial charge in [-0.15, -0.1) is 0 Å². The fourth-order valence-corrected chi connectivity index (χ4v) is 2.75. The molecule has 122 valence electrons. The van der Waals surface area contributed by atoms with Gasteiger partial charge in [-0.25, -0.2) is 0 Å². The Balaban J connectivity index is 2.46. The summed E-state index contributed by atoms with van der Waals surface area (Å²) in [5.41, 5.74) is 4.97. The summed E-state index contributed by atoms with van der Waals surface area (Å²) in [6, 6.07) is -0.603.